The van der Waals surface area contributed by atoms with E-state index in [1.165, 1.54) is 31.2 Å². The number of alkyl halides is 6. The molecule has 41 heavy (non-hydrogen) atoms. The van der Waals surface area contributed by atoms with Gasteiger partial charge in [-0.2, -0.15) is 26.3 Å². The lowest BCUT2D eigenvalue weighted by Gasteiger charge is -2.40. The molecule has 0 aromatic heterocycles. The van der Waals surface area contributed by atoms with Gasteiger partial charge in [0.25, 0.3) is 0 Å². The van der Waals surface area contributed by atoms with E-state index in [1.54, 1.807) is 0 Å². The number of piperidine rings is 1. The second-order valence-electron chi connectivity index (χ2n) is 10.6. The summed E-state index contributed by atoms with van der Waals surface area (Å²) in [5.74, 6) is 0.268. The van der Waals surface area contributed by atoms with E-state index in [2.05, 4.69) is 30.7 Å². The van der Waals surface area contributed by atoms with Crippen molar-refractivity contribution in [2.75, 3.05) is 26.8 Å². The molecule has 1 fully saturated rings. The zero-order valence-corrected chi connectivity index (χ0v) is 23.9. The van der Waals surface area contributed by atoms with Crippen LogP contribution in [-0.4, -0.2) is 43.9 Å². The number of esters is 1. The monoisotopic (exact) mass is 589 g/mol. The first kappa shape index (κ1) is 34.6. The number of hydrogen-bond acceptors (Lipinski definition) is 4. The Bertz CT molecular complexity index is 1010. The fourth-order valence-corrected chi connectivity index (χ4v) is 4.65. The molecule has 0 amide bonds. The molecule has 4 nitrogen and oxygen atoms in total. The normalized spacial score (nSPS) is 18.8. The van der Waals surface area contributed by atoms with E-state index in [9.17, 15) is 31.1 Å². The summed E-state index contributed by atoms with van der Waals surface area (Å²) < 4.78 is 86.0. The Kier molecular flexibility index (Phi) is 14.1. The molecular formula is C31H41F6NO3. The molecule has 1 aliphatic heterocycles. The number of rotatable bonds is 11. The van der Waals surface area contributed by atoms with Gasteiger partial charge in [0.05, 0.1) is 19.3 Å². The van der Waals surface area contributed by atoms with Crippen LogP contribution in [0.25, 0.3) is 0 Å². The molecule has 1 unspecified atom stereocenters. The highest BCUT2D eigenvalue weighted by atomic mass is 19.4. The van der Waals surface area contributed by atoms with Gasteiger partial charge < -0.3 is 9.47 Å². The van der Waals surface area contributed by atoms with Crippen molar-refractivity contribution in [2.45, 2.75) is 77.4 Å². The lowest BCUT2D eigenvalue weighted by molar-refractivity contribution is -0.143. The van der Waals surface area contributed by atoms with Crippen LogP contribution in [0.1, 0.15) is 75.1 Å². The fraction of sp³-hybridized carbons (Fsp3) is 0.581. The highest BCUT2D eigenvalue weighted by Crippen LogP contribution is 2.38. The maximum absolute atomic E-state index is 12.8. The minimum absolute atomic E-state index is 0.0291. The molecule has 2 aromatic rings. The van der Waals surface area contributed by atoms with Crippen LogP contribution in [0.4, 0.5) is 26.3 Å². The fourth-order valence-electron chi connectivity index (χ4n) is 4.65. The first-order chi connectivity index (χ1) is 19.3. The number of ether oxygens (including phenoxy) is 2. The molecule has 0 saturated carbocycles. The third-order valence-electron chi connectivity index (χ3n) is 7.24. The van der Waals surface area contributed by atoms with E-state index in [-0.39, 0.29) is 37.3 Å². The maximum Gasteiger partial charge on any atom is 0.416 e. The largest absolute Gasteiger partial charge is 0.469 e. The van der Waals surface area contributed by atoms with Gasteiger partial charge in [-0.05, 0) is 67.4 Å². The highest BCUT2D eigenvalue weighted by Gasteiger charge is 2.34. The Hall–Kier alpha value is -2.59. The lowest BCUT2D eigenvalue weighted by Crippen LogP contribution is -2.38. The van der Waals surface area contributed by atoms with Gasteiger partial charge in [0.15, 0.2) is 0 Å². The molecule has 0 spiro atoms. The molecule has 230 valence electrons. The molecule has 10 heteroatoms. The van der Waals surface area contributed by atoms with E-state index >= 15 is 0 Å². The van der Waals surface area contributed by atoms with Crippen LogP contribution in [0.5, 0.6) is 0 Å². The van der Waals surface area contributed by atoms with Crippen molar-refractivity contribution in [3.05, 3.63) is 71.3 Å². The summed E-state index contributed by atoms with van der Waals surface area (Å²) in [6.07, 6.45) is -7.21. The van der Waals surface area contributed by atoms with E-state index in [0.29, 0.717) is 30.9 Å². The average molecular weight is 590 g/mol. The molecule has 1 saturated heterocycles. The van der Waals surface area contributed by atoms with Crippen LogP contribution in [0.2, 0.25) is 0 Å². The van der Waals surface area contributed by atoms with E-state index in [0.717, 1.165) is 25.3 Å². The number of benzene rings is 2. The number of likely N-dealkylation sites (tertiary alicyclic amines) is 1. The highest BCUT2D eigenvalue weighted by molar-refractivity contribution is 5.69. The number of methoxy groups -OCH3 is 1. The molecule has 1 aliphatic rings. The van der Waals surface area contributed by atoms with Crippen LogP contribution in [-0.2, 0) is 27.1 Å². The number of halogens is 6. The lowest BCUT2D eigenvalue weighted by atomic mass is 9.85. The predicted octanol–water partition coefficient (Wildman–Crippen LogP) is 8.61. The zero-order valence-electron chi connectivity index (χ0n) is 23.9. The Morgan fingerprint density at radius 1 is 1.02 bits per heavy atom. The average Bonchev–Trinajstić information content (AvgIpc) is 2.93. The zero-order chi connectivity index (χ0) is 30.5. The Balaban J connectivity index is 0.000000377. The van der Waals surface area contributed by atoms with Gasteiger partial charge in [-0.3, -0.25) is 9.69 Å². The summed E-state index contributed by atoms with van der Waals surface area (Å²) in [5, 5.41) is 0. The Morgan fingerprint density at radius 2 is 1.68 bits per heavy atom. The van der Waals surface area contributed by atoms with Gasteiger partial charge in [-0.1, -0.05) is 62.7 Å². The SMILES string of the molecule is CCC(C)COCc1ccccc1.COC(=O)C[C@@H]1CCN(CCCC(F)(F)F)[C@H](c2ccc(C(F)(F)F)cc2)C1. The molecule has 1 heterocycles. The third-order valence-corrected chi connectivity index (χ3v) is 7.24. The van der Waals surface area contributed by atoms with Gasteiger partial charge >= 0.3 is 18.3 Å². The summed E-state index contributed by atoms with van der Waals surface area (Å²) in [6.45, 7) is 6.68. The van der Waals surface area contributed by atoms with Crippen LogP contribution >= 0.6 is 0 Å². The molecule has 3 rings (SSSR count). The Labute approximate surface area is 239 Å². The topological polar surface area (TPSA) is 38.8 Å². The summed E-state index contributed by atoms with van der Waals surface area (Å²) in [4.78, 5) is 13.4. The van der Waals surface area contributed by atoms with Crippen LogP contribution in [0.3, 0.4) is 0 Å². The second-order valence-corrected chi connectivity index (χ2v) is 10.6. The first-order valence-electron chi connectivity index (χ1n) is 14.0. The third kappa shape index (κ3) is 13.3. The summed E-state index contributed by atoms with van der Waals surface area (Å²) in [6, 6.07) is 14.7. The van der Waals surface area contributed by atoms with Gasteiger partial charge in [0.2, 0.25) is 0 Å². The van der Waals surface area contributed by atoms with Crippen molar-refractivity contribution >= 4 is 5.97 Å². The van der Waals surface area contributed by atoms with Crippen molar-refractivity contribution in [2.24, 2.45) is 11.8 Å². The number of hydrogen-bond donors (Lipinski definition) is 0. The van der Waals surface area contributed by atoms with Crippen molar-refractivity contribution < 1.29 is 40.6 Å². The van der Waals surface area contributed by atoms with E-state index in [1.807, 2.05) is 23.1 Å². The number of nitrogens with zero attached hydrogens (tertiary/aromatic N) is 1. The van der Waals surface area contributed by atoms with Crippen LogP contribution in [0, 0.1) is 11.8 Å². The smallest absolute Gasteiger partial charge is 0.416 e. The second kappa shape index (κ2) is 16.8. The maximum atomic E-state index is 12.8. The molecule has 0 aliphatic carbocycles. The van der Waals surface area contributed by atoms with Crippen LogP contribution in [0.15, 0.2) is 54.6 Å². The molecular weight excluding hydrogens is 548 g/mol. The van der Waals surface area contributed by atoms with Crippen LogP contribution < -0.4 is 0 Å². The van der Waals surface area contributed by atoms with Crippen molar-refractivity contribution in [3.8, 4) is 0 Å². The standard InChI is InChI=1S/C19H23F6NO2.C12H18O/c1-28-17(27)12-13-7-10-26(9-2-8-18(20,21)22)16(11-13)14-3-5-15(6-4-14)19(23,24)25;1-3-11(2)9-13-10-12-7-5-4-6-8-12/h3-6,13,16H,2,7-12H2,1H3;4-8,11H,3,9-10H2,1-2H3/t13-,16+;/m1./s1. The van der Waals surface area contributed by atoms with E-state index in [4.69, 9.17) is 4.74 Å². The molecule has 3 atom stereocenters. The summed E-state index contributed by atoms with van der Waals surface area (Å²) in [5.41, 5.74) is 1.09. The molecule has 0 bridgehead atoms. The Morgan fingerprint density at radius 3 is 2.24 bits per heavy atom. The van der Waals surface area contributed by atoms with Gasteiger partial charge in [-0.15, -0.1) is 0 Å². The number of carbonyl (C=O) groups excluding carboxylic acids is 1. The minimum Gasteiger partial charge on any atom is -0.469 e. The summed E-state index contributed by atoms with van der Waals surface area (Å²) >= 11 is 0. The quantitative estimate of drug-likeness (QED) is 0.194. The molecule has 0 radical (unpaired) electrons. The predicted molar refractivity (Wildman–Crippen MR) is 146 cm³/mol. The summed E-state index contributed by atoms with van der Waals surface area (Å²) in [7, 11) is 1.28. The molecule has 0 N–H and O–H groups in total. The number of carbonyl (C=O) groups is 1. The minimum atomic E-state index is -4.45. The van der Waals surface area contributed by atoms with Crippen molar-refractivity contribution in [3.63, 3.8) is 0 Å². The van der Waals surface area contributed by atoms with Crippen molar-refractivity contribution in [1.29, 1.82) is 0 Å². The van der Waals surface area contributed by atoms with Crippen molar-refractivity contribution in [1.82, 2.24) is 4.90 Å². The van der Waals surface area contributed by atoms with Gasteiger partial charge in [0, 0.05) is 25.5 Å². The first-order valence-corrected chi connectivity index (χ1v) is 14.0. The van der Waals surface area contributed by atoms with E-state index < -0.39 is 24.3 Å². The van der Waals surface area contributed by atoms with Gasteiger partial charge in [0.1, 0.15) is 0 Å². The van der Waals surface area contributed by atoms with Gasteiger partial charge in [-0.25, -0.2) is 0 Å². The molecule has 2 aromatic carbocycles.